The Kier molecular flexibility index (Phi) is 5.18. The van der Waals surface area contributed by atoms with Gasteiger partial charge in [-0.2, -0.15) is 0 Å². The van der Waals surface area contributed by atoms with Gasteiger partial charge in [-0.3, -0.25) is 4.79 Å². The van der Waals surface area contributed by atoms with Gasteiger partial charge in [-0.25, -0.2) is 4.79 Å². The summed E-state index contributed by atoms with van der Waals surface area (Å²) in [5.74, 6) is 0.0433. The Morgan fingerprint density at radius 1 is 1.16 bits per heavy atom. The SMILES string of the molecule is COC(=O)c1ccc(N2CC(=O)OC(COc3ccccc3)C2)cc1. The van der Waals surface area contributed by atoms with Crippen molar-refractivity contribution in [3.05, 3.63) is 60.2 Å². The molecule has 0 bridgehead atoms. The molecule has 1 saturated heterocycles. The van der Waals surface area contributed by atoms with E-state index in [4.69, 9.17) is 9.47 Å². The zero-order valence-corrected chi connectivity index (χ0v) is 13.9. The first kappa shape index (κ1) is 16.8. The Morgan fingerprint density at radius 3 is 2.56 bits per heavy atom. The van der Waals surface area contributed by atoms with Gasteiger partial charge in [-0.05, 0) is 36.4 Å². The maximum atomic E-state index is 11.9. The number of para-hydroxylation sites is 1. The summed E-state index contributed by atoms with van der Waals surface area (Å²) >= 11 is 0. The first-order valence-corrected chi connectivity index (χ1v) is 7.96. The molecule has 0 saturated carbocycles. The zero-order valence-electron chi connectivity index (χ0n) is 13.9. The third kappa shape index (κ3) is 4.29. The van der Waals surface area contributed by atoms with Crippen molar-refractivity contribution in [2.24, 2.45) is 0 Å². The molecule has 1 aliphatic heterocycles. The number of rotatable bonds is 5. The van der Waals surface area contributed by atoms with Crippen LogP contribution >= 0.6 is 0 Å². The van der Waals surface area contributed by atoms with Gasteiger partial charge in [0.15, 0.2) is 6.10 Å². The van der Waals surface area contributed by atoms with E-state index in [0.717, 1.165) is 11.4 Å². The van der Waals surface area contributed by atoms with Crippen LogP contribution in [0.1, 0.15) is 10.4 Å². The van der Waals surface area contributed by atoms with Gasteiger partial charge in [-0.15, -0.1) is 0 Å². The fraction of sp³-hybridized carbons (Fsp3) is 0.263. The van der Waals surface area contributed by atoms with Gasteiger partial charge in [0, 0.05) is 5.69 Å². The Labute approximate surface area is 145 Å². The van der Waals surface area contributed by atoms with Gasteiger partial charge in [0.05, 0.1) is 19.2 Å². The van der Waals surface area contributed by atoms with Crippen LogP contribution in [0.3, 0.4) is 0 Å². The summed E-state index contributed by atoms with van der Waals surface area (Å²) in [7, 11) is 1.34. The van der Waals surface area contributed by atoms with E-state index in [-0.39, 0.29) is 25.2 Å². The van der Waals surface area contributed by atoms with E-state index in [2.05, 4.69) is 4.74 Å². The molecule has 1 aliphatic rings. The molecule has 3 rings (SSSR count). The quantitative estimate of drug-likeness (QED) is 0.778. The van der Waals surface area contributed by atoms with Crippen molar-refractivity contribution in [1.82, 2.24) is 0 Å². The van der Waals surface area contributed by atoms with E-state index in [1.165, 1.54) is 7.11 Å². The highest BCUT2D eigenvalue weighted by Gasteiger charge is 2.27. The summed E-state index contributed by atoms with van der Waals surface area (Å²) in [6.45, 7) is 0.974. The molecule has 0 aliphatic carbocycles. The Morgan fingerprint density at radius 2 is 1.88 bits per heavy atom. The smallest absolute Gasteiger partial charge is 0.337 e. The summed E-state index contributed by atoms with van der Waals surface area (Å²) in [5.41, 5.74) is 1.31. The highest BCUT2D eigenvalue weighted by atomic mass is 16.6. The van der Waals surface area contributed by atoms with E-state index in [1.54, 1.807) is 24.3 Å². The number of hydrogen-bond acceptors (Lipinski definition) is 6. The molecule has 25 heavy (non-hydrogen) atoms. The number of methoxy groups -OCH3 is 1. The largest absolute Gasteiger partial charge is 0.490 e. The molecule has 0 N–H and O–H groups in total. The molecule has 0 spiro atoms. The summed E-state index contributed by atoms with van der Waals surface area (Å²) in [6, 6.07) is 16.3. The molecule has 1 unspecified atom stereocenters. The Balaban J connectivity index is 1.64. The van der Waals surface area contributed by atoms with Crippen LogP contribution in [0.2, 0.25) is 0 Å². The minimum absolute atomic E-state index is 0.166. The van der Waals surface area contributed by atoms with Gasteiger partial charge in [0.2, 0.25) is 0 Å². The van der Waals surface area contributed by atoms with Gasteiger partial charge < -0.3 is 19.1 Å². The molecule has 6 nitrogen and oxygen atoms in total. The molecular formula is C19H19NO5. The van der Waals surface area contributed by atoms with Gasteiger partial charge in [0.1, 0.15) is 18.9 Å². The second-order valence-corrected chi connectivity index (χ2v) is 5.65. The summed E-state index contributed by atoms with van der Waals surface area (Å²) in [6.07, 6.45) is -0.360. The molecule has 130 valence electrons. The van der Waals surface area contributed by atoms with Crippen molar-refractivity contribution < 1.29 is 23.8 Å². The average molecular weight is 341 g/mol. The monoisotopic (exact) mass is 341 g/mol. The number of benzene rings is 2. The number of esters is 2. The number of carbonyl (C=O) groups is 2. The lowest BCUT2D eigenvalue weighted by Gasteiger charge is -2.33. The standard InChI is InChI=1S/C19H19NO5/c1-23-19(22)14-7-9-15(10-8-14)20-11-17(25-18(21)12-20)13-24-16-5-3-2-4-6-16/h2-10,17H,11-13H2,1H3. The van der Waals surface area contributed by atoms with Crippen molar-refractivity contribution in [3.63, 3.8) is 0 Å². The lowest BCUT2D eigenvalue weighted by Crippen LogP contribution is -2.47. The first-order chi connectivity index (χ1) is 12.2. The average Bonchev–Trinajstić information content (AvgIpc) is 2.66. The van der Waals surface area contributed by atoms with E-state index >= 15 is 0 Å². The highest BCUT2D eigenvalue weighted by molar-refractivity contribution is 5.89. The van der Waals surface area contributed by atoms with E-state index < -0.39 is 5.97 Å². The van der Waals surface area contributed by atoms with Crippen LogP contribution in [0.15, 0.2) is 54.6 Å². The van der Waals surface area contributed by atoms with Crippen LogP contribution < -0.4 is 9.64 Å². The van der Waals surface area contributed by atoms with Gasteiger partial charge in [-0.1, -0.05) is 18.2 Å². The molecule has 6 heteroatoms. The van der Waals surface area contributed by atoms with Crippen LogP contribution in [-0.4, -0.2) is 44.8 Å². The van der Waals surface area contributed by atoms with Crippen LogP contribution in [0.4, 0.5) is 5.69 Å². The van der Waals surface area contributed by atoms with Crippen molar-refractivity contribution in [2.45, 2.75) is 6.10 Å². The van der Waals surface area contributed by atoms with Gasteiger partial charge >= 0.3 is 11.9 Å². The predicted octanol–water partition coefficient (Wildman–Crippen LogP) is 2.28. The second-order valence-electron chi connectivity index (χ2n) is 5.65. The number of nitrogens with zero attached hydrogens (tertiary/aromatic N) is 1. The lowest BCUT2D eigenvalue weighted by atomic mass is 10.1. The maximum absolute atomic E-state index is 11.9. The molecule has 2 aromatic rings. The minimum atomic E-state index is -0.390. The number of carbonyl (C=O) groups excluding carboxylic acids is 2. The summed E-state index contributed by atoms with van der Waals surface area (Å²) < 4.78 is 15.7. The van der Waals surface area contributed by atoms with E-state index in [9.17, 15) is 9.59 Å². The topological polar surface area (TPSA) is 65.1 Å². The van der Waals surface area contributed by atoms with Crippen molar-refractivity contribution >= 4 is 17.6 Å². The minimum Gasteiger partial charge on any atom is -0.490 e. The highest BCUT2D eigenvalue weighted by Crippen LogP contribution is 2.20. The maximum Gasteiger partial charge on any atom is 0.337 e. The lowest BCUT2D eigenvalue weighted by molar-refractivity contribution is -0.151. The number of morpholine rings is 1. The molecule has 1 heterocycles. The number of cyclic esters (lactones) is 1. The van der Waals surface area contributed by atoms with Crippen LogP contribution in [0.25, 0.3) is 0 Å². The first-order valence-electron chi connectivity index (χ1n) is 7.96. The third-order valence-electron chi connectivity index (χ3n) is 3.87. The fourth-order valence-electron chi connectivity index (χ4n) is 2.64. The fourth-order valence-corrected chi connectivity index (χ4v) is 2.64. The number of ether oxygens (including phenoxy) is 3. The van der Waals surface area contributed by atoms with E-state index in [1.807, 2.05) is 35.2 Å². The number of hydrogen-bond donors (Lipinski definition) is 0. The number of anilines is 1. The third-order valence-corrected chi connectivity index (χ3v) is 3.87. The Bertz CT molecular complexity index is 729. The Hall–Kier alpha value is -3.02. The van der Waals surface area contributed by atoms with Crippen LogP contribution in [0.5, 0.6) is 5.75 Å². The van der Waals surface area contributed by atoms with Gasteiger partial charge in [0.25, 0.3) is 0 Å². The molecular weight excluding hydrogens is 322 g/mol. The van der Waals surface area contributed by atoms with Crippen molar-refractivity contribution in [1.29, 1.82) is 0 Å². The molecule has 0 radical (unpaired) electrons. The van der Waals surface area contributed by atoms with Crippen molar-refractivity contribution in [2.75, 3.05) is 31.7 Å². The van der Waals surface area contributed by atoms with Crippen LogP contribution in [0, 0.1) is 0 Å². The normalized spacial score (nSPS) is 16.9. The predicted molar refractivity (Wildman–Crippen MR) is 91.8 cm³/mol. The van der Waals surface area contributed by atoms with Crippen molar-refractivity contribution in [3.8, 4) is 5.75 Å². The molecule has 2 aromatic carbocycles. The van der Waals surface area contributed by atoms with Crippen LogP contribution in [-0.2, 0) is 14.3 Å². The summed E-state index contributed by atoms with van der Waals surface area (Å²) in [4.78, 5) is 25.3. The zero-order chi connectivity index (χ0) is 17.6. The van der Waals surface area contributed by atoms with E-state index in [0.29, 0.717) is 12.1 Å². The molecule has 1 fully saturated rings. The summed E-state index contributed by atoms with van der Waals surface area (Å²) in [5, 5.41) is 0. The molecule has 0 aromatic heterocycles. The molecule has 1 atom stereocenters. The molecule has 0 amide bonds. The second kappa shape index (κ2) is 7.70.